The molecule has 0 spiro atoms. The first-order valence-electron chi connectivity index (χ1n) is 6.29. The molecular formula is C14H15F2N3O2. The Kier molecular flexibility index (Phi) is 4.99. The van der Waals surface area contributed by atoms with E-state index in [4.69, 9.17) is 4.74 Å². The summed E-state index contributed by atoms with van der Waals surface area (Å²) in [6, 6.07) is 8.98. The Hall–Kier alpha value is -2.28. The van der Waals surface area contributed by atoms with E-state index in [9.17, 15) is 13.6 Å². The summed E-state index contributed by atoms with van der Waals surface area (Å²) in [5.74, 6) is -0.389. The number of rotatable bonds is 6. The summed E-state index contributed by atoms with van der Waals surface area (Å²) >= 11 is 0. The van der Waals surface area contributed by atoms with Crippen LogP contribution in [-0.4, -0.2) is 29.2 Å². The number of hydrogen-bond acceptors (Lipinski definition) is 3. The fourth-order valence-corrected chi connectivity index (χ4v) is 1.90. The number of amides is 1. The van der Waals surface area contributed by atoms with Gasteiger partial charge < -0.3 is 10.1 Å². The lowest BCUT2D eigenvalue weighted by Gasteiger charge is -2.14. The molecular weight excluding hydrogens is 280 g/mol. The van der Waals surface area contributed by atoms with E-state index in [-0.39, 0.29) is 5.91 Å². The largest absolute Gasteiger partial charge is 0.367 e. The fourth-order valence-electron chi connectivity index (χ4n) is 1.90. The van der Waals surface area contributed by atoms with Crippen LogP contribution in [0.1, 0.15) is 11.7 Å². The molecule has 0 aliphatic heterocycles. The maximum Gasteiger partial charge on any atom is 0.258 e. The highest BCUT2D eigenvalue weighted by Gasteiger charge is 2.20. The van der Waals surface area contributed by atoms with Gasteiger partial charge in [0.05, 0.1) is 11.9 Å². The van der Waals surface area contributed by atoms with Crippen molar-refractivity contribution in [3.8, 4) is 0 Å². The van der Waals surface area contributed by atoms with Crippen LogP contribution in [0.3, 0.4) is 0 Å². The van der Waals surface area contributed by atoms with Crippen LogP contribution in [-0.2, 0) is 16.1 Å². The SMILES string of the molecule is CO[C@H](C(=O)Nc1cnn(CC(F)F)c1)c1ccccc1. The van der Waals surface area contributed by atoms with Crippen molar-refractivity contribution < 1.29 is 18.3 Å². The van der Waals surface area contributed by atoms with Crippen LogP contribution in [0.15, 0.2) is 42.7 Å². The van der Waals surface area contributed by atoms with Gasteiger partial charge in [0, 0.05) is 13.3 Å². The van der Waals surface area contributed by atoms with Crippen LogP contribution in [0.4, 0.5) is 14.5 Å². The second-order valence-electron chi connectivity index (χ2n) is 4.36. The van der Waals surface area contributed by atoms with Crippen molar-refractivity contribution in [2.75, 3.05) is 12.4 Å². The molecule has 112 valence electrons. The van der Waals surface area contributed by atoms with E-state index in [2.05, 4.69) is 10.4 Å². The molecule has 2 rings (SSSR count). The number of carbonyl (C=O) groups excluding carboxylic acids is 1. The van der Waals surface area contributed by atoms with Gasteiger partial charge in [0.2, 0.25) is 0 Å². The number of alkyl halides is 2. The molecule has 0 fully saturated rings. The molecule has 21 heavy (non-hydrogen) atoms. The Morgan fingerprint density at radius 3 is 2.71 bits per heavy atom. The van der Waals surface area contributed by atoms with Crippen molar-refractivity contribution >= 4 is 11.6 Å². The lowest BCUT2D eigenvalue weighted by Crippen LogP contribution is -2.22. The highest BCUT2D eigenvalue weighted by atomic mass is 19.3. The van der Waals surface area contributed by atoms with Crippen molar-refractivity contribution in [2.24, 2.45) is 0 Å². The number of ether oxygens (including phenoxy) is 1. The first-order chi connectivity index (χ1) is 10.1. The molecule has 0 saturated carbocycles. The Morgan fingerprint density at radius 1 is 1.38 bits per heavy atom. The molecule has 1 atom stereocenters. The van der Waals surface area contributed by atoms with Gasteiger partial charge in [0.1, 0.15) is 6.54 Å². The van der Waals surface area contributed by atoms with Crippen molar-refractivity contribution in [3.05, 3.63) is 48.3 Å². The minimum atomic E-state index is -2.50. The number of nitrogens with zero attached hydrogens (tertiary/aromatic N) is 2. The predicted molar refractivity (Wildman–Crippen MR) is 73.1 cm³/mol. The van der Waals surface area contributed by atoms with Crippen LogP contribution >= 0.6 is 0 Å². The van der Waals surface area contributed by atoms with Crippen LogP contribution < -0.4 is 5.32 Å². The minimum absolute atomic E-state index is 0.346. The first kappa shape index (κ1) is 15.1. The molecule has 0 bridgehead atoms. The van der Waals surface area contributed by atoms with Crippen LogP contribution in [0, 0.1) is 0 Å². The molecule has 0 saturated heterocycles. The Balaban J connectivity index is 2.04. The third kappa shape index (κ3) is 4.09. The standard InChI is InChI=1S/C14H15F2N3O2/c1-21-13(10-5-3-2-4-6-10)14(20)18-11-7-17-19(8-11)9-12(15)16/h2-8,12-13H,9H2,1H3,(H,18,20)/t13-/m0/s1. The minimum Gasteiger partial charge on any atom is -0.367 e. The molecule has 1 heterocycles. The van der Waals surface area contributed by atoms with E-state index in [1.54, 1.807) is 24.3 Å². The summed E-state index contributed by atoms with van der Waals surface area (Å²) in [5.41, 5.74) is 1.05. The second kappa shape index (κ2) is 6.94. The van der Waals surface area contributed by atoms with E-state index in [0.29, 0.717) is 11.3 Å². The zero-order valence-corrected chi connectivity index (χ0v) is 11.4. The Labute approximate surface area is 120 Å². The second-order valence-corrected chi connectivity index (χ2v) is 4.36. The molecule has 2 aromatic rings. The quantitative estimate of drug-likeness (QED) is 0.890. The van der Waals surface area contributed by atoms with E-state index in [0.717, 1.165) is 4.68 Å². The number of halogens is 2. The average Bonchev–Trinajstić information content (AvgIpc) is 2.87. The molecule has 1 aromatic heterocycles. The number of anilines is 1. The molecule has 1 amide bonds. The van der Waals surface area contributed by atoms with Gasteiger partial charge in [-0.25, -0.2) is 8.78 Å². The summed E-state index contributed by atoms with van der Waals surface area (Å²) in [6.45, 7) is -0.512. The third-order valence-electron chi connectivity index (χ3n) is 2.80. The number of benzene rings is 1. The van der Waals surface area contributed by atoms with Crippen molar-refractivity contribution in [3.63, 3.8) is 0 Å². The molecule has 0 radical (unpaired) electrons. The summed E-state index contributed by atoms with van der Waals surface area (Å²) in [5, 5.41) is 6.34. The molecule has 0 aliphatic rings. The maximum atomic E-state index is 12.2. The van der Waals surface area contributed by atoms with E-state index in [1.807, 2.05) is 6.07 Å². The van der Waals surface area contributed by atoms with Gasteiger partial charge in [-0.05, 0) is 5.56 Å². The lowest BCUT2D eigenvalue weighted by molar-refractivity contribution is -0.126. The molecule has 1 N–H and O–H groups in total. The maximum absolute atomic E-state index is 12.2. The van der Waals surface area contributed by atoms with Crippen LogP contribution in [0.5, 0.6) is 0 Å². The highest BCUT2D eigenvalue weighted by molar-refractivity contribution is 5.94. The number of hydrogen-bond donors (Lipinski definition) is 1. The van der Waals surface area contributed by atoms with Gasteiger partial charge in [-0.15, -0.1) is 0 Å². The van der Waals surface area contributed by atoms with E-state index in [1.165, 1.54) is 19.5 Å². The van der Waals surface area contributed by atoms with Gasteiger partial charge in [0.25, 0.3) is 12.3 Å². The molecule has 7 heteroatoms. The topological polar surface area (TPSA) is 56.1 Å². The zero-order valence-electron chi connectivity index (χ0n) is 11.4. The monoisotopic (exact) mass is 295 g/mol. The van der Waals surface area contributed by atoms with Gasteiger partial charge in [0.15, 0.2) is 6.10 Å². The van der Waals surface area contributed by atoms with Gasteiger partial charge in [-0.1, -0.05) is 30.3 Å². The summed E-state index contributed by atoms with van der Waals surface area (Å²) in [4.78, 5) is 12.2. The molecule has 5 nitrogen and oxygen atoms in total. The Bertz CT molecular complexity index is 587. The highest BCUT2D eigenvalue weighted by Crippen LogP contribution is 2.18. The molecule has 0 aliphatic carbocycles. The third-order valence-corrected chi connectivity index (χ3v) is 2.80. The first-order valence-corrected chi connectivity index (χ1v) is 6.29. The Morgan fingerprint density at radius 2 is 2.10 bits per heavy atom. The lowest BCUT2D eigenvalue weighted by atomic mass is 10.1. The fraction of sp³-hybridized carbons (Fsp3) is 0.286. The van der Waals surface area contributed by atoms with Crippen LogP contribution in [0.2, 0.25) is 0 Å². The average molecular weight is 295 g/mol. The van der Waals surface area contributed by atoms with Crippen molar-refractivity contribution in [1.82, 2.24) is 9.78 Å². The zero-order chi connectivity index (χ0) is 15.2. The summed E-state index contributed by atoms with van der Waals surface area (Å²) < 4.78 is 30.7. The summed E-state index contributed by atoms with van der Waals surface area (Å²) in [6.07, 6.45) is -0.603. The van der Waals surface area contributed by atoms with E-state index >= 15 is 0 Å². The van der Waals surface area contributed by atoms with Crippen molar-refractivity contribution in [2.45, 2.75) is 19.1 Å². The molecule has 1 aromatic carbocycles. The smallest absolute Gasteiger partial charge is 0.258 e. The number of aromatic nitrogens is 2. The van der Waals surface area contributed by atoms with Gasteiger partial charge in [-0.2, -0.15) is 5.10 Å². The van der Waals surface area contributed by atoms with E-state index < -0.39 is 19.1 Å². The molecule has 0 unspecified atom stereocenters. The van der Waals surface area contributed by atoms with Crippen LogP contribution in [0.25, 0.3) is 0 Å². The summed E-state index contributed by atoms with van der Waals surface area (Å²) in [7, 11) is 1.43. The number of methoxy groups -OCH3 is 1. The van der Waals surface area contributed by atoms with Crippen molar-refractivity contribution in [1.29, 1.82) is 0 Å². The van der Waals surface area contributed by atoms with Gasteiger partial charge >= 0.3 is 0 Å². The number of carbonyl (C=O) groups is 1. The normalized spacial score (nSPS) is 12.4. The predicted octanol–water partition coefficient (Wildman–Crippen LogP) is 2.47. The van der Waals surface area contributed by atoms with Gasteiger partial charge in [-0.3, -0.25) is 9.48 Å². The number of nitrogens with one attached hydrogen (secondary N) is 1.